The van der Waals surface area contributed by atoms with E-state index in [9.17, 15) is 9.59 Å². The van der Waals surface area contributed by atoms with Gasteiger partial charge in [0.25, 0.3) is 5.91 Å². The van der Waals surface area contributed by atoms with Crippen molar-refractivity contribution < 1.29 is 74.2 Å². The number of likely N-dealkylation sites (N-methyl/N-ethyl adjacent to an activating group) is 1. The summed E-state index contributed by atoms with van der Waals surface area (Å²) in [5.74, 6) is -0.536. The highest BCUT2D eigenvalue weighted by atomic mass is 35.5. The molecule has 2 amide bonds. The number of hydrogen-bond donors (Lipinski definition) is 0. The van der Waals surface area contributed by atoms with Crippen LogP contribution in [0.5, 0.6) is 0 Å². The number of anilines is 1. The molecule has 4 rings (SSSR count). The highest BCUT2D eigenvalue weighted by Gasteiger charge is 2.55. The Kier molecular flexibility index (Phi) is 5.72. The molecular formula is C24H113ClN6O3. The number of nitrogens with zero attached hydrogens (tertiary/aromatic N) is 6. The first-order valence-corrected chi connectivity index (χ1v) is 11.8. The molecule has 10 heteroatoms. The van der Waals surface area contributed by atoms with Gasteiger partial charge in [-0.25, -0.2) is 24.6 Å². The van der Waals surface area contributed by atoms with Crippen LogP contribution < -0.4 is 4.90 Å². The molecule has 2 atom stereocenters. The second-order valence-corrected chi connectivity index (χ2v) is 9.88. The molecule has 4 heterocycles. The number of aryl methyl sites for hydroxylation is 2. The predicted molar refractivity (Wildman–Crippen MR) is 216 cm³/mol. The van der Waals surface area contributed by atoms with E-state index in [0.717, 1.165) is 6.54 Å². The summed E-state index contributed by atoms with van der Waals surface area (Å²) in [7, 11) is 0. The van der Waals surface area contributed by atoms with Gasteiger partial charge in [0.2, 0.25) is 5.72 Å². The third kappa shape index (κ3) is 3.71. The summed E-state index contributed by atoms with van der Waals surface area (Å²) in [6, 6.07) is 1.40. The summed E-state index contributed by atoms with van der Waals surface area (Å²) >= 11 is 6.01. The molecule has 0 aromatic carbocycles. The standard InChI is InChI=1S/C24H31ClN6O3.41H2/c1-8-29-11-12-30(23(5,6)16(29)4)22(33)34-24(7)20-19(27-14(2)15(3)28-20)21(32)31(24)18-10-9-17(25)13-26-18;;;;;;;;;;;;;;;;;;;;;;;;;;;;;;;;;;;;;;;;;/h9-10,13,16H,8,11-12H2,1-7H3;41*1H/t16?,24-;;;;;;;;;;;;;;;;;;;;;;;;;;;;;;;;;;;;;;;;;/m0........................................./s1/i10D;;;;;;;;;;;;;;;;;;;;;;;;;;;;;;;;;;;;;;;;;. The molecule has 0 bridgehead atoms. The number of halogens is 1. The van der Waals surface area contributed by atoms with E-state index in [1.54, 1.807) is 25.7 Å². The zero-order chi connectivity index (χ0) is 25.9. The Labute approximate surface area is 267 Å². The van der Waals surface area contributed by atoms with Crippen molar-refractivity contribution >= 4 is 29.4 Å². The van der Waals surface area contributed by atoms with E-state index in [1.807, 2.05) is 13.8 Å². The average molecular weight is 571 g/mol. The SMILES string of the molecule is [2H]c1cc(Cl)cnc1N1C(=O)c2nc(C)c(C)nc2[C@]1(C)OC(=O)N1CCN(CC)C(C)C1(C)C.[HH].[HH].[HH].[HH].[HH].[HH].[HH].[HH].[HH].[HH].[HH].[HH].[HH].[HH].[HH].[HH].[HH].[HH].[HH].[HH].[HH].[HH].[HH].[HH].[HH].[HH].[HH].[HH].[HH].[HH].[HH].[HH].[HH].[HH].[HH].[HH].[HH].[HH].[HH].[HH].[HH]. The summed E-state index contributed by atoms with van der Waals surface area (Å²) in [6.45, 7) is 15.4. The lowest BCUT2D eigenvalue weighted by Gasteiger charge is -2.51. The van der Waals surface area contributed by atoms with E-state index in [0.29, 0.717) is 24.5 Å². The quantitative estimate of drug-likeness (QED) is 0.362. The van der Waals surface area contributed by atoms with Gasteiger partial charge in [-0.3, -0.25) is 9.69 Å². The lowest BCUT2D eigenvalue weighted by Crippen LogP contribution is -2.66. The molecule has 264 valence electrons. The normalized spacial score (nSPS) is 24.8. The minimum absolute atomic E-state index is 0. The fraction of sp³-hybridized carbons (Fsp3) is 0.542. The minimum Gasteiger partial charge on any atom is -0.416 e. The molecule has 0 aliphatic carbocycles. The monoisotopic (exact) mass is 570 g/mol. The van der Waals surface area contributed by atoms with Gasteiger partial charge in [-0.05, 0) is 53.3 Å². The van der Waals surface area contributed by atoms with Crippen molar-refractivity contribution in [2.24, 2.45) is 0 Å². The smallest absolute Gasteiger partial charge is 0.412 e. The Hall–Kier alpha value is -2.78. The van der Waals surface area contributed by atoms with Crippen molar-refractivity contribution in [2.45, 2.75) is 65.8 Å². The Morgan fingerprint density at radius 2 is 1.97 bits per heavy atom. The summed E-state index contributed by atoms with van der Waals surface area (Å²) < 4.78 is 14.6. The number of amides is 2. The van der Waals surface area contributed by atoms with E-state index >= 15 is 0 Å². The average Bonchev–Trinajstić information content (AvgIpc) is 2.97. The predicted octanol–water partition coefficient (Wildman–Crippen LogP) is 14.0. The van der Waals surface area contributed by atoms with Crippen molar-refractivity contribution in [1.29, 1.82) is 0 Å². The van der Waals surface area contributed by atoms with Gasteiger partial charge in [-0.15, -0.1) is 0 Å². The second-order valence-electron chi connectivity index (χ2n) is 9.45. The van der Waals surface area contributed by atoms with Gasteiger partial charge in [0.15, 0.2) is 5.69 Å². The van der Waals surface area contributed by atoms with Crippen molar-refractivity contribution in [3.05, 3.63) is 46.1 Å². The van der Waals surface area contributed by atoms with Crippen molar-refractivity contribution in [3.63, 3.8) is 0 Å². The Balaban J connectivity index is -0.00000000978. The molecule has 2 aliphatic rings. The van der Waals surface area contributed by atoms with Gasteiger partial charge >= 0.3 is 6.09 Å². The van der Waals surface area contributed by atoms with Crippen LogP contribution in [0.15, 0.2) is 18.3 Å². The second kappa shape index (κ2) is 8.46. The molecule has 0 radical (unpaired) electrons. The van der Waals surface area contributed by atoms with Crippen LogP contribution in [0.2, 0.25) is 5.02 Å². The number of carbonyl (C=O) groups excluding carboxylic acids is 2. The molecule has 2 aromatic heterocycles. The maximum absolute atomic E-state index is 13.7. The van der Waals surface area contributed by atoms with Gasteiger partial charge in [0.1, 0.15) is 11.5 Å². The van der Waals surface area contributed by atoms with Gasteiger partial charge in [-0.1, -0.05) is 18.5 Å². The molecule has 0 saturated carbocycles. The number of ether oxygens (including phenoxy) is 1. The molecular weight excluding hydrogens is 456 g/mol. The zero-order valence-corrected chi connectivity index (χ0v) is 21.4. The maximum Gasteiger partial charge on any atom is 0.412 e. The van der Waals surface area contributed by atoms with Gasteiger partial charge < -0.3 is 9.64 Å². The molecule has 34 heavy (non-hydrogen) atoms. The molecule has 2 aliphatic heterocycles. The molecule has 0 N–H and O–H groups in total. The van der Waals surface area contributed by atoms with Crippen LogP contribution in [0.25, 0.3) is 0 Å². The molecule has 1 unspecified atom stereocenters. The number of pyridine rings is 1. The number of hydrogen-bond acceptors (Lipinski definition) is 7. The van der Waals surface area contributed by atoms with E-state index in [2.05, 4.69) is 33.7 Å². The molecule has 9 nitrogen and oxygen atoms in total. The van der Waals surface area contributed by atoms with Crippen LogP contribution in [-0.4, -0.2) is 68.0 Å². The van der Waals surface area contributed by atoms with Crippen LogP contribution in [0.4, 0.5) is 10.6 Å². The van der Waals surface area contributed by atoms with Crippen LogP contribution >= 0.6 is 11.6 Å². The first kappa shape index (κ1) is 23.0. The fourth-order valence-electron chi connectivity index (χ4n) is 4.69. The Bertz CT molecular complexity index is 1280. The van der Waals surface area contributed by atoms with E-state index in [4.69, 9.17) is 17.7 Å². The third-order valence-electron chi connectivity index (χ3n) is 7.23. The number of carbonyl (C=O) groups is 2. The van der Waals surface area contributed by atoms with Crippen LogP contribution in [0.3, 0.4) is 0 Å². The first-order chi connectivity index (χ1) is 16.3. The van der Waals surface area contributed by atoms with Gasteiger partial charge in [0.05, 0.1) is 23.3 Å². The lowest BCUT2D eigenvalue weighted by atomic mass is 9.90. The lowest BCUT2D eigenvalue weighted by molar-refractivity contribution is -0.0540. The fourth-order valence-corrected chi connectivity index (χ4v) is 4.80. The Morgan fingerprint density at radius 1 is 1.29 bits per heavy atom. The summed E-state index contributed by atoms with van der Waals surface area (Å²) in [4.78, 5) is 45.8. The van der Waals surface area contributed by atoms with Crippen molar-refractivity contribution in [3.8, 4) is 0 Å². The van der Waals surface area contributed by atoms with E-state index in [1.165, 1.54) is 17.2 Å². The van der Waals surface area contributed by atoms with Crippen LogP contribution in [0.1, 0.15) is 122 Å². The number of piperazine rings is 1. The Morgan fingerprint density at radius 3 is 2.62 bits per heavy atom. The summed E-state index contributed by atoms with van der Waals surface area (Å²) in [5.41, 5.74) is -0.690. The van der Waals surface area contributed by atoms with Crippen molar-refractivity contribution in [1.82, 2.24) is 24.8 Å². The molecule has 1 fully saturated rings. The highest BCUT2D eigenvalue weighted by Crippen LogP contribution is 2.42. The molecule has 2 aromatic rings. The van der Waals surface area contributed by atoms with Gasteiger partial charge in [-0.2, -0.15) is 0 Å². The zero-order valence-electron chi connectivity index (χ0n) is 21.6. The molecule has 1 saturated heterocycles. The van der Waals surface area contributed by atoms with Gasteiger partial charge in [0, 0.05) is 90.7 Å². The van der Waals surface area contributed by atoms with E-state index in [-0.39, 0.29) is 92.8 Å². The number of rotatable bonds is 3. The largest absolute Gasteiger partial charge is 0.416 e. The first-order valence-electron chi connectivity index (χ1n) is 11.9. The maximum atomic E-state index is 13.7. The van der Waals surface area contributed by atoms with Crippen LogP contribution in [-0.2, 0) is 10.5 Å². The number of aromatic nitrogens is 3. The van der Waals surface area contributed by atoms with E-state index < -0.39 is 23.3 Å². The number of fused-ring (bicyclic) bond motifs is 1. The third-order valence-corrected chi connectivity index (χ3v) is 7.44. The molecule has 0 spiro atoms. The highest BCUT2D eigenvalue weighted by molar-refractivity contribution is 6.30. The summed E-state index contributed by atoms with van der Waals surface area (Å²) in [6.07, 6.45) is 0.769. The topological polar surface area (TPSA) is 91.8 Å². The van der Waals surface area contributed by atoms with Crippen molar-refractivity contribution in [2.75, 3.05) is 24.5 Å². The minimum atomic E-state index is -1.66. The van der Waals surface area contributed by atoms with Crippen LogP contribution in [0, 0.1) is 13.8 Å². The summed E-state index contributed by atoms with van der Waals surface area (Å²) in [5, 5.41) is 0.258.